The minimum atomic E-state index is -4.41. The van der Waals surface area contributed by atoms with E-state index in [1.165, 1.54) is 10.5 Å². The van der Waals surface area contributed by atoms with E-state index in [1.54, 1.807) is 6.33 Å². The molecule has 30 heavy (non-hydrogen) atoms. The molecular weight excluding hydrogens is 393 g/mol. The Kier molecular flexibility index (Phi) is 4.34. The van der Waals surface area contributed by atoms with Gasteiger partial charge in [0, 0.05) is 30.6 Å². The number of piperidine rings is 1. The molecule has 1 atom stereocenters. The van der Waals surface area contributed by atoms with Crippen LogP contribution in [0.15, 0.2) is 42.9 Å². The van der Waals surface area contributed by atoms with Crippen LogP contribution in [0, 0.1) is 6.92 Å². The number of hydrogen-bond donors (Lipinski definition) is 0. The largest absolute Gasteiger partial charge is 0.417 e. The third-order valence-corrected chi connectivity index (χ3v) is 5.61. The molecule has 1 fully saturated rings. The highest BCUT2D eigenvalue weighted by atomic mass is 19.4. The second-order valence-electron chi connectivity index (χ2n) is 7.70. The fourth-order valence-corrected chi connectivity index (χ4v) is 4.14. The van der Waals surface area contributed by atoms with Gasteiger partial charge in [0.1, 0.15) is 18.0 Å². The van der Waals surface area contributed by atoms with Gasteiger partial charge >= 0.3 is 6.18 Å². The van der Waals surface area contributed by atoms with Gasteiger partial charge in [0.2, 0.25) is 0 Å². The van der Waals surface area contributed by atoms with E-state index in [2.05, 4.69) is 31.1 Å². The zero-order valence-electron chi connectivity index (χ0n) is 16.3. The van der Waals surface area contributed by atoms with Crippen LogP contribution in [0.25, 0.3) is 16.6 Å². The second-order valence-corrected chi connectivity index (χ2v) is 7.70. The predicted octanol–water partition coefficient (Wildman–Crippen LogP) is 4.38. The van der Waals surface area contributed by atoms with E-state index in [1.807, 2.05) is 19.1 Å². The van der Waals surface area contributed by atoms with E-state index < -0.39 is 11.7 Å². The average molecular weight is 412 g/mol. The molecule has 0 bridgehead atoms. The lowest BCUT2D eigenvalue weighted by atomic mass is 9.96. The molecule has 4 aromatic rings. The Labute approximate surface area is 170 Å². The van der Waals surface area contributed by atoms with Gasteiger partial charge in [-0.1, -0.05) is 11.6 Å². The quantitative estimate of drug-likeness (QED) is 0.489. The summed E-state index contributed by atoms with van der Waals surface area (Å²) in [6.45, 7) is 3.45. The molecule has 0 radical (unpaired) electrons. The van der Waals surface area contributed by atoms with Crippen LogP contribution in [-0.2, 0) is 6.18 Å². The molecule has 0 amide bonds. The van der Waals surface area contributed by atoms with Gasteiger partial charge in [0.15, 0.2) is 5.65 Å². The number of anilines is 1. The van der Waals surface area contributed by atoms with Crippen molar-refractivity contribution in [2.45, 2.75) is 31.9 Å². The van der Waals surface area contributed by atoms with Crippen LogP contribution in [0.5, 0.6) is 0 Å². The molecule has 3 aromatic heterocycles. The summed E-state index contributed by atoms with van der Waals surface area (Å²) in [6, 6.07) is 8.45. The van der Waals surface area contributed by atoms with Crippen molar-refractivity contribution in [3.05, 3.63) is 59.8 Å². The Morgan fingerprint density at radius 3 is 2.77 bits per heavy atom. The number of halogens is 3. The number of nitrogens with zero attached hydrogens (tertiary/aromatic N) is 6. The highest BCUT2D eigenvalue weighted by Gasteiger charge is 2.32. The van der Waals surface area contributed by atoms with Crippen LogP contribution in [-0.4, -0.2) is 37.7 Å². The first-order valence-corrected chi connectivity index (χ1v) is 9.78. The molecule has 0 N–H and O–H groups in total. The normalized spacial score (nSPS) is 17.7. The van der Waals surface area contributed by atoms with Gasteiger partial charge in [-0.3, -0.25) is 4.40 Å². The van der Waals surface area contributed by atoms with Gasteiger partial charge in [-0.25, -0.2) is 9.97 Å². The molecule has 0 saturated carbocycles. The van der Waals surface area contributed by atoms with Crippen molar-refractivity contribution < 1.29 is 13.2 Å². The first kappa shape index (κ1) is 18.8. The smallest absolute Gasteiger partial charge is 0.355 e. The number of alkyl halides is 3. The number of pyridine rings is 1. The minimum Gasteiger partial charge on any atom is -0.355 e. The van der Waals surface area contributed by atoms with Crippen molar-refractivity contribution >= 4 is 22.4 Å². The third-order valence-electron chi connectivity index (χ3n) is 5.61. The lowest BCUT2D eigenvalue weighted by Gasteiger charge is -2.33. The van der Waals surface area contributed by atoms with E-state index in [9.17, 15) is 13.2 Å². The Hall–Kier alpha value is -3.23. The summed E-state index contributed by atoms with van der Waals surface area (Å²) in [6.07, 6.45) is -0.0523. The van der Waals surface area contributed by atoms with Crippen molar-refractivity contribution in [1.29, 1.82) is 0 Å². The van der Waals surface area contributed by atoms with Crippen LogP contribution in [0.4, 0.5) is 19.0 Å². The van der Waals surface area contributed by atoms with Crippen LogP contribution >= 0.6 is 0 Å². The fraction of sp³-hybridized carbons (Fsp3) is 0.333. The molecule has 1 saturated heterocycles. The molecule has 0 aliphatic carbocycles. The Bertz CT molecular complexity index is 1230. The predicted molar refractivity (Wildman–Crippen MR) is 106 cm³/mol. The highest BCUT2D eigenvalue weighted by molar-refractivity contribution is 5.89. The first-order chi connectivity index (χ1) is 14.4. The summed E-state index contributed by atoms with van der Waals surface area (Å²) in [7, 11) is 0. The molecular formula is C21H19F3N6. The zero-order valence-corrected chi connectivity index (χ0v) is 16.3. The van der Waals surface area contributed by atoms with Crippen LogP contribution in [0.1, 0.15) is 35.7 Å². The number of aryl methyl sites for hydroxylation is 1. The lowest BCUT2D eigenvalue weighted by molar-refractivity contribution is -0.137. The maximum Gasteiger partial charge on any atom is 0.417 e. The second kappa shape index (κ2) is 6.93. The summed E-state index contributed by atoms with van der Waals surface area (Å²) in [5.41, 5.74) is 1.70. The van der Waals surface area contributed by atoms with Crippen molar-refractivity contribution in [3.63, 3.8) is 0 Å². The van der Waals surface area contributed by atoms with Gasteiger partial charge in [0.25, 0.3) is 0 Å². The Morgan fingerprint density at radius 1 is 1.07 bits per heavy atom. The molecule has 9 heteroatoms. The summed E-state index contributed by atoms with van der Waals surface area (Å²) in [5.74, 6) is 1.35. The van der Waals surface area contributed by atoms with Gasteiger partial charge < -0.3 is 4.90 Å². The van der Waals surface area contributed by atoms with E-state index in [4.69, 9.17) is 0 Å². The molecule has 5 rings (SSSR count). The zero-order chi connectivity index (χ0) is 20.9. The third kappa shape index (κ3) is 3.24. The molecule has 1 unspecified atom stereocenters. The van der Waals surface area contributed by atoms with Gasteiger partial charge in [0.05, 0.1) is 11.1 Å². The van der Waals surface area contributed by atoms with Gasteiger partial charge in [-0.05, 0) is 44.0 Å². The summed E-state index contributed by atoms with van der Waals surface area (Å²) < 4.78 is 41.0. The lowest BCUT2D eigenvalue weighted by Crippen LogP contribution is -2.35. The van der Waals surface area contributed by atoms with Crippen molar-refractivity contribution in [3.8, 4) is 0 Å². The Balaban J connectivity index is 1.52. The maximum atomic E-state index is 13.2. The van der Waals surface area contributed by atoms with E-state index in [-0.39, 0.29) is 5.92 Å². The Morgan fingerprint density at radius 2 is 1.93 bits per heavy atom. The molecule has 0 spiro atoms. The monoisotopic (exact) mass is 412 g/mol. The number of rotatable bonds is 2. The molecule has 1 aliphatic rings. The standard InChI is InChI=1S/C21H19F3N6/c1-13-4-6-17-16(9-13)20(26-12-25-17)29-8-2-3-14(10-29)19-28-27-18-7-5-15(11-30(18)19)21(22,23)24/h4-7,9,11-12,14H,2-3,8,10H2,1H3. The number of aromatic nitrogens is 5. The summed E-state index contributed by atoms with van der Waals surface area (Å²) in [4.78, 5) is 11.0. The summed E-state index contributed by atoms with van der Waals surface area (Å²) >= 11 is 0. The maximum absolute atomic E-state index is 13.2. The topological polar surface area (TPSA) is 59.2 Å². The molecule has 154 valence electrons. The van der Waals surface area contributed by atoms with Crippen LogP contribution in [0.2, 0.25) is 0 Å². The molecule has 4 heterocycles. The highest BCUT2D eigenvalue weighted by Crippen LogP contribution is 2.33. The van der Waals surface area contributed by atoms with Crippen molar-refractivity contribution in [1.82, 2.24) is 24.6 Å². The minimum absolute atomic E-state index is 0.0490. The summed E-state index contributed by atoms with van der Waals surface area (Å²) in [5, 5.41) is 9.29. The van der Waals surface area contributed by atoms with Crippen LogP contribution in [0.3, 0.4) is 0 Å². The number of hydrogen-bond acceptors (Lipinski definition) is 5. The molecule has 6 nitrogen and oxygen atoms in total. The van der Waals surface area contributed by atoms with E-state index in [0.717, 1.165) is 53.9 Å². The number of fused-ring (bicyclic) bond motifs is 2. The van der Waals surface area contributed by atoms with E-state index in [0.29, 0.717) is 18.0 Å². The van der Waals surface area contributed by atoms with Crippen molar-refractivity contribution in [2.75, 3.05) is 18.0 Å². The van der Waals surface area contributed by atoms with E-state index >= 15 is 0 Å². The average Bonchev–Trinajstić information content (AvgIpc) is 3.16. The number of benzene rings is 1. The fourth-order valence-electron chi connectivity index (χ4n) is 4.14. The molecule has 1 aliphatic heterocycles. The first-order valence-electron chi connectivity index (χ1n) is 9.78. The SMILES string of the molecule is Cc1ccc2ncnc(N3CCCC(c4nnc5ccc(C(F)(F)F)cn45)C3)c2c1. The van der Waals surface area contributed by atoms with Gasteiger partial charge in [-0.15, -0.1) is 10.2 Å². The molecule has 1 aromatic carbocycles. The van der Waals surface area contributed by atoms with Gasteiger partial charge in [-0.2, -0.15) is 13.2 Å². The van der Waals surface area contributed by atoms with Crippen LogP contribution < -0.4 is 4.90 Å². The van der Waals surface area contributed by atoms with Crippen molar-refractivity contribution in [2.24, 2.45) is 0 Å².